The van der Waals surface area contributed by atoms with Crippen LogP contribution >= 0.6 is 0 Å². The van der Waals surface area contributed by atoms with Gasteiger partial charge in [0.2, 0.25) is 0 Å². The van der Waals surface area contributed by atoms with Gasteiger partial charge in [-0.2, -0.15) is 5.26 Å². The predicted octanol–water partition coefficient (Wildman–Crippen LogP) is 2.42. The van der Waals surface area contributed by atoms with Crippen LogP contribution in [-0.2, 0) is 17.8 Å². The number of esters is 1. The predicted molar refractivity (Wildman–Crippen MR) is 124 cm³/mol. The number of hydrogen-bond donors (Lipinski definition) is 1. The van der Waals surface area contributed by atoms with Crippen molar-refractivity contribution in [2.75, 3.05) is 46.4 Å². The van der Waals surface area contributed by atoms with E-state index in [4.69, 9.17) is 9.47 Å². The van der Waals surface area contributed by atoms with E-state index < -0.39 is 0 Å². The van der Waals surface area contributed by atoms with Gasteiger partial charge in [0.15, 0.2) is 0 Å². The second-order valence-corrected chi connectivity index (χ2v) is 9.19. The lowest BCUT2D eigenvalue weighted by Crippen LogP contribution is -2.61. The van der Waals surface area contributed by atoms with E-state index >= 15 is 0 Å². The molecule has 0 radical (unpaired) electrons. The van der Waals surface area contributed by atoms with Crippen LogP contribution in [-0.4, -0.2) is 68.2 Å². The molecule has 2 saturated heterocycles. The van der Waals surface area contributed by atoms with E-state index in [1.54, 1.807) is 7.11 Å². The van der Waals surface area contributed by atoms with E-state index in [1.807, 2.05) is 24.3 Å². The van der Waals surface area contributed by atoms with E-state index in [1.165, 1.54) is 16.7 Å². The molecule has 7 heteroatoms. The molecule has 7 nitrogen and oxygen atoms in total. The zero-order valence-electron chi connectivity index (χ0n) is 19.3. The van der Waals surface area contributed by atoms with Crippen molar-refractivity contribution in [1.29, 1.82) is 5.26 Å². The first-order chi connectivity index (χ1) is 16.1. The molecule has 0 aromatic heterocycles. The number of methoxy groups -OCH3 is 1. The average molecular weight is 447 g/mol. The first-order valence-corrected chi connectivity index (χ1v) is 11.6. The zero-order chi connectivity index (χ0) is 22.9. The quantitative estimate of drug-likeness (QED) is 0.707. The van der Waals surface area contributed by atoms with Crippen molar-refractivity contribution in [3.05, 3.63) is 63.7 Å². The number of carbonyl (C=O) groups is 1. The van der Waals surface area contributed by atoms with Crippen LogP contribution in [0.1, 0.15) is 44.2 Å². The standard InChI is InChI=1S/C26H30N4O3/c1-17-21(5-6-22-23(17)16-33-26(22)31)24-15-30-10-9-29(14-20(30)13-28-24)8-7-18-3-4-19(12-27)25(11-18)32-2/h3-6,11,20,24,28H,7-10,13-16H2,1-2H3. The van der Waals surface area contributed by atoms with Gasteiger partial charge in [0, 0.05) is 56.9 Å². The molecule has 0 spiro atoms. The third kappa shape index (κ3) is 4.22. The van der Waals surface area contributed by atoms with Crippen molar-refractivity contribution in [2.45, 2.75) is 32.0 Å². The molecule has 0 saturated carbocycles. The Bertz CT molecular complexity index is 1110. The van der Waals surface area contributed by atoms with Gasteiger partial charge < -0.3 is 19.7 Å². The summed E-state index contributed by atoms with van der Waals surface area (Å²) in [6, 6.07) is 12.8. The van der Waals surface area contributed by atoms with Crippen LogP contribution < -0.4 is 10.1 Å². The zero-order valence-corrected chi connectivity index (χ0v) is 19.3. The van der Waals surface area contributed by atoms with Crippen LogP contribution in [0.3, 0.4) is 0 Å². The van der Waals surface area contributed by atoms with E-state index in [0.29, 0.717) is 24.0 Å². The fraction of sp³-hybridized carbons (Fsp3) is 0.462. The number of cyclic esters (lactones) is 1. The minimum atomic E-state index is -0.202. The molecule has 2 aromatic rings. The second kappa shape index (κ2) is 9.14. The summed E-state index contributed by atoms with van der Waals surface area (Å²) in [6.45, 7) is 8.62. The number of nitrogens with one attached hydrogen (secondary N) is 1. The second-order valence-electron chi connectivity index (χ2n) is 9.19. The number of ether oxygens (including phenoxy) is 2. The van der Waals surface area contributed by atoms with Gasteiger partial charge in [-0.3, -0.25) is 4.90 Å². The number of nitriles is 1. The number of carbonyl (C=O) groups excluding carboxylic acids is 1. The average Bonchev–Trinajstić information content (AvgIpc) is 3.23. The molecule has 3 aliphatic heterocycles. The molecule has 2 fully saturated rings. The monoisotopic (exact) mass is 446 g/mol. The molecule has 3 heterocycles. The fourth-order valence-corrected chi connectivity index (χ4v) is 5.40. The minimum absolute atomic E-state index is 0.202. The molecule has 2 atom stereocenters. The number of piperazine rings is 2. The summed E-state index contributed by atoms with van der Waals surface area (Å²) in [5, 5.41) is 12.9. The van der Waals surface area contributed by atoms with Gasteiger partial charge in [-0.15, -0.1) is 0 Å². The van der Waals surface area contributed by atoms with Crippen LogP contribution in [0.15, 0.2) is 30.3 Å². The SMILES string of the molecule is COc1cc(CCN2CCN3CC(c4ccc5c(c4C)COC5=O)NCC3C2)ccc1C#N. The first kappa shape index (κ1) is 21.9. The van der Waals surface area contributed by atoms with E-state index in [9.17, 15) is 10.1 Å². The highest BCUT2D eigenvalue weighted by Gasteiger charge is 2.34. The Hall–Kier alpha value is -2.92. The molecule has 5 rings (SSSR count). The summed E-state index contributed by atoms with van der Waals surface area (Å²) < 4.78 is 10.6. The smallest absolute Gasteiger partial charge is 0.338 e. The molecular formula is C26H30N4O3. The number of hydrogen-bond acceptors (Lipinski definition) is 7. The molecule has 0 aliphatic carbocycles. The molecule has 172 valence electrons. The summed E-state index contributed by atoms with van der Waals surface area (Å²) in [5.41, 5.74) is 6.01. The van der Waals surface area contributed by atoms with Gasteiger partial charge in [0.05, 0.1) is 18.2 Å². The summed E-state index contributed by atoms with van der Waals surface area (Å²) in [4.78, 5) is 17.0. The van der Waals surface area contributed by atoms with Crippen molar-refractivity contribution in [1.82, 2.24) is 15.1 Å². The molecule has 0 amide bonds. The number of nitrogens with zero attached hydrogens (tertiary/aromatic N) is 3. The van der Waals surface area contributed by atoms with Crippen molar-refractivity contribution in [2.24, 2.45) is 0 Å². The third-order valence-corrected chi connectivity index (χ3v) is 7.39. The van der Waals surface area contributed by atoms with Crippen molar-refractivity contribution in [3.63, 3.8) is 0 Å². The molecule has 3 aliphatic rings. The van der Waals surface area contributed by atoms with Crippen molar-refractivity contribution < 1.29 is 14.3 Å². The Kier molecular flexibility index (Phi) is 6.07. The first-order valence-electron chi connectivity index (χ1n) is 11.6. The van der Waals surface area contributed by atoms with Crippen LogP contribution in [0.5, 0.6) is 5.75 Å². The maximum Gasteiger partial charge on any atom is 0.338 e. The highest BCUT2D eigenvalue weighted by atomic mass is 16.5. The Morgan fingerprint density at radius 3 is 2.94 bits per heavy atom. The Balaban J connectivity index is 1.18. The summed E-state index contributed by atoms with van der Waals surface area (Å²) in [5.74, 6) is 0.451. The topological polar surface area (TPSA) is 77.8 Å². The van der Waals surface area contributed by atoms with Crippen molar-refractivity contribution in [3.8, 4) is 11.8 Å². The van der Waals surface area contributed by atoms with Crippen LogP contribution in [0.2, 0.25) is 0 Å². The van der Waals surface area contributed by atoms with Crippen LogP contribution in [0.25, 0.3) is 0 Å². The van der Waals surface area contributed by atoms with E-state index in [2.05, 4.69) is 34.2 Å². The lowest BCUT2D eigenvalue weighted by Gasteiger charge is -2.47. The van der Waals surface area contributed by atoms with Gasteiger partial charge in [0.1, 0.15) is 18.4 Å². The Morgan fingerprint density at radius 1 is 1.24 bits per heavy atom. The molecule has 1 N–H and O–H groups in total. The Morgan fingerprint density at radius 2 is 2.12 bits per heavy atom. The van der Waals surface area contributed by atoms with Crippen LogP contribution in [0.4, 0.5) is 0 Å². The minimum Gasteiger partial charge on any atom is -0.495 e. The maximum absolute atomic E-state index is 11.9. The van der Waals surface area contributed by atoms with Gasteiger partial charge in [-0.25, -0.2) is 4.79 Å². The summed E-state index contributed by atoms with van der Waals surface area (Å²) in [7, 11) is 1.61. The number of rotatable bonds is 5. The largest absolute Gasteiger partial charge is 0.495 e. The lowest BCUT2D eigenvalue weighted by atomic mass is 9.92. The normalized spacial score (nSPS) is 22.9. The molecule has 33 heavy (non-hydrogen) atoms. The van der Waals surface area contributed by atoms with Crippen LogP contribution in [0, 0.1) is 18.3 Å². The summed E-state index contributed by atoms with van der Waals surface area (Å²) >= 11 is 0. The van der Waals surface area contributed by atoms with Gasteiger partial charge in [-0.1, -0.05) is 12.1 Å². The maximum atomic E-state index is 11.9. The van der Waals surface area contributed by atoms with Gasteiger partial charge >= 0.3 is 5.97 Å². The highest BCUT2D eigenvalue weighted by molar-refractivity contribution is 5.94. The van der Waals surface area contributed by atoms with Gasteiger partial charge in [-0.05, 0) is 48.2 Å². The van der Waals surface area contributed by atoms with Gasteiger partial charge in [0.25, 0.3) is 0 Å². The molecule has 2 unspecified atom stereocenters. The molecule has 0 bridgehead atoms. The van der Waals surface area contributed by atoms with E-state index in [-0.39, 0.29) is 12.0 Å². The Labute approximate surface area is 194 Å². The summed E-state index contributed by atoms with van der Waals surface area (Å²) in [6.07, 6.45) is 0.944. The van der Waals surface area contributed by atoms with Crippen molar-refractivity contribution >= 4 is 5.97 Å². The number of benzene rings is 2. The van der Waals surface area contributed by atoms with E-state index in [0.717, 1.165) is 56.8 Å². The molecular weight excluding hydrogens is 416 g/mol. The third-order valence-electron chi connectivity index (χ3n) is 7.39. The molecule has 2 aromatic carbocycles. The lowest BCUT2D eigenvalue weighted by molar-refractivity contribution is 0.0426. The fourth-order valence-electron chi connectivity index (χ4n) is 5.40. The highest BCUT2D eigenvalue weighted by Crippen LogP contribution is 2.31. The number of fused-ring (bicyclic) bond motifs is 2.